The van der Waals surface area contributed by atoms with Crippen LogP contribution in [0.1, 0.15) is 12.5 Å². The zero-order valence-electron chi connectivity index (χ0n) is 8.89. The van der Waals surface area contributed by atoms with Crippen molar-refractivity contribution in [3.05, 3.63) is 29.8 Å². The van der Waals surface area contributed by atoms with Gasteiger partial charge in [0.25, 0.3) is 0 Å². The van der Waals surface area contributed by atoms with Crippen molar-refractivity contribution in [2.24, 2.45) is 0 Å². The topological polar surface area (TPSA) is 35.8 Å². The molecule has 0 bridgehead atoms. The zero-order chi connectivity index (χ0) is 12.4. The predicted molar refractivity (Wildman–Crippen MR) is 54.9 cm³/mol. The maximum Gasteiger partial charge on any atom is 0.424 e. The van der Waals surface area contributed by atoms with Crippen molar-refractivity contribution in [1.82, 2.24) is 0 Å². The first kappa shape index (κ1) is 12.4. The van der Waals surface area contributed by atoms with Gasteiger partial charge in [0.2, 0.25) is 5.54 Å². The summed E-state index contributed by atoms with van der Waals surface area (Å²) in [6, 6.07) is 7.62. The second kappa shape index (κ2) is 4.05. The van der Waals surface area contributed by atoms with Crippen LogP contribution >= 0.6 is 0 Å². The fourth-order valence-corrected chi connectivity index (χ4v) is 1.09. The van der Waals surface area contributed by atoms with Gasteiger partial charge in [-0.15, -0.1) is 0 Å². The average Bonchev–Trinajstić information content (AvgIpc) is 2.19. The molecule has 0 aliphatic heterocycles. The van der Waals surface area contributed by atoms with Gasteiger partial charge in [0.1, 0.15) is 6.07 Å². The van der Waals surface area contributed by atoms with E-state index in [1.165, 1.54) is 18.2 Å². The van der Waals surface area contributed by atoms with Crippen LogP contribution in [0, 0.1) is 18.3 Å². The molecule has 0 saturated carbocycles. The van der Waals surface area contributed by atoms with Crippen molar-refractivity contribution in [1.29, 1.82) is 5.26 Å². The fourth-order valence-electron chi connectivity index (χ4n) is 1.09. The zero-order valence-corrected chi connectivity index (χ0v) is 8.89. The van der Waals surface area contributed by atoms with Gasteiger partial charge in [-0.3, -0.25) is 0 Å². The molecule has 1 rings (SSSR count). The van der Waals surface area contributed by atoms with E-state index in [-0.39, 0.29) is 5.69 Å². The van der Waals surface area contributed by atoms with Crippen molar-refractivity contribution in [2.75, 3.05) is 5.32 Å². The molecule has 2 nitrogen and oxygen atoms in total. The summed E-state index contributed by atoms with van der Waals surface area (Å²) in [5.74, 6) is 0. The third-order valence-corrected chi connectivity index (χ3v) is 2.24. The Morgan fingerprint density at radius 3 is 2.06 bits per heavy atom. The van der Waals surface area contributed by atoms with Crippen molar-refractivity contribution in [3.8, 4) is 6.07 Å². The van der Waals surface area contributed by atoms with Crippen LogP contribution in [0.3, 0.4) is 0 Å². The minimum Gasteiger partial charge on any atom is -0.360 e. The van der Waals surface area contributed by atoms with Gasteiger partial charge < -0.3 is 5.32 Å². The highest BCUT2D eigenvalue weighted by molar-refractivity contribution is 5.49. The number of halogens is 3. The van der Waals surface area contributed by atoms with Gasteiger partial charge in [-0.1, -0.05) is 17.7 Å². The van der Waals surface area contributed by atoms with Gasteiger partial charge in [0.05, 0.1) is 0 Å². The normalized spacial score (nSPS) is 15.0. The smallest absolute Gasteiger partial charge is 0.360 e. The SMILES string of the molecule is Cc1ccc(NC(C)(C#N)C(F)(F)F)cc1. The monoisotopic (exact) mass is 228 g/mol. The van der Waals surface area contributed by atoms with Crippen molar-refractivity contribution in [3.63, 3.8) is 0 Å². The van der Waals surface area contributed by atoms with Gasteiger partial charge in [0, 0.05) is 5.69 Å². The maximum atomic E-state index is 12.6. The second-order valence-corrected chi connectivity index (χ2v) is 3.73. The molecule has 0 fully saturated rings. The number of nitrogens with zero attached hydrogens (tertiary/aromatic N) is 1. The lowest BCUT2D eigenvalue weighted by molar-refractivity contribution is -0.158. The Hall–Kier alpha value is -1.70. The number of anilines is 1. The molecule has 1 aromatic rings. The molecular formula is C11H11F3N2. The summed E-state index contributed by atoms with van der Waals surface area (Å²) in [7, 11) is 0. The number of nitrogens with one attached hydrogen (secondary N) is 1. The second-order valence-electron chi connectivity index (χ2n) is 3.73. The van der Waals surface area contributed by atoms with Gasteiger partial charge in [-0.25, -0.2) is 0 Å². The van der Waals surface area contributed by atoms with Crippen LogP contribution < -0.4 is 5.32 Å². The minimum absolute atomic E-state index is 0.270. The summed E-state index contributed by atoms with van der Waals surface area (Å²) < 4.78 is 37.8. The van der Waals surface area contributed by atoms with E-state index < -0.39 is 11.7 Å². The number of rotatable bonds is 2. The Kier molecular flexibility index (Phi) is 3.13. The predicted octanol–water partition coefficient (Wildman–Crippen LogP) is 3.25. The van der Waals surface area contributed by atoms with Crippen LogP contribution in [0.2, 0.25) is 0 Å². The molecule has 0 spiro atoms. The third-order valence-electron chi connectivity index (χ3n) is 2.24. The molecular weight excluding hydrogens is 217 g/mol. The number of benzene rings is 1. The Labute approximate surface area is 91.7 Å². The molecule has 5 heteroatoms. The van der Waals surface area contributed by atoms with E-state index >= 15 is 0 Å². The Balaban J connectivity index is 2.95. The first-order chi connectivity index (χ1) is 7.28. The van der Waals surface area contributed by atoms with E-state index in [1.54, 1.807) is 12.1 Å². The molecule has 0 aliphatic rings. The van der Waals surface area contributed by atoms with E-state index in [9.17, 15) is 13.2 Å². The standard InChI is InChI=1S/C11H11F3N2/c1-8-3-5-9(6-4-8)16-10(2,7-15)11(12,13)14/h3-6,16H,1-2H3. The van der Waals surface area contributed by atoms with Gasteiger partial charge >= 0.3 is 6.18 Å². The van der Waals surface area contributed by atoms with Gasteiger partial charge in [0.15, 0.2) is 0 Å². The highest BCUT2D eigenvalue weighted by atomic mass is 19.4. The molecule has 0 aliphatic carbocycles. The Bertz CT molecular complexity index is 403. The summed E-state index contributed by atoms with van der Waals surface area (Å²) in [6.45, 7) is 2.64. The summed E-state index contributed by atoms with van der Waals surface area (Å²) in [6.07, 6.45) is -4.62. The van der Waals surface area contributed by atoms with E-state index in [0.717, 1.165) is 12.5 Å². The number of alkyl halides is 3. The summed E-state index contributed by atoms with van der Waals surface area (Å²) in [4.78, 5) is 0. The molecule has 1 N–H and O–H groups in total. The third kappa shape index (κ3) is 2.45. The molecule has 16 heavy (non-hydrogen) atoms. The Morgan fingerprint density at radius 2 is 1.69 bits per heavy atom. The quantitative estimate of drug-likeness (QED) is 0.843. The summed E-state index contributed by atoms with van der Waals surface area (Å²) in [5.41, 5.74) is -1.36. The maximum absolute atomic E-state index is 12.6. The lowest BCUT2D eigenvalue weighted by atomic mass is 10.0. The van der Waals surface area contributed by atoms with Crippen LogP contribution in [0.25, 0.3) is 0 Å². The van der Waals surface area contributed by atoms with Crippen LogP contribution in [-0.4, -0.2) is 11.7 Å². The van der Waals surface area contributed by atoms with Gasteiger partial charge in [-0.05, 0) is 26.0 Å². The van der Waals surface area contributed by atoms with E-state index in [2.05, 4.69) is 5.32 Å². The largest absolute Gasteiger partial charge is 0.424 e. The van der Waals surface area contributed by atoms with Gasteiger partial charge in [-0.2, -0.15) is 18.4 Å². The number of aryl methyl sites for hydroxylation is 1. The van der Waals surface area contributed by atoms with Crippen LogP contribution in [0.4, 0.5) is 18.9 Å². The first-order valence-electron chi connectivity index (χ1n) is 4.61. The summed E-state index contributed by atoms with van der Waals surface area (Å²) in [5, 5.41) is 10.8. The van der Waals surface area contributed by atoms with Crippen LogP contribution in [-0.2, 0) is 0 Å². The highest BCUT2D eigenvalue weighted by Crippen LogP contribution is 2.32. The number of hydrogen-bond acceptors (Lipinski definition) is 2. The number of hydrogen-bond donors (Lipinski definition) is 1. The lowest BCUT2D eigenvalue weighted by Crippen LogP contribution is -2.47. The molecule has 0 heterocycles. The number of nitriles is 1. The van der Waals surface area contributed by atoms with E-state index in [4.69, 9.17) is 5.26 Å². The lowest BCUT2D eigenvalue weighted by Gasteiger charge is -2.26. The molecule has 1 aromatic carbocycles. The van der Waals surface area contributed by atoms with Crippen LogP contribution in [0.5, 0.6) is 0 Å². The van der Waals surface area contributed by atoms with E-state index in [0.29, 0.717) is 0 Å². The van der Waals surface area contributed by atoms with Crippen molar-refractivity contribution in [2.45, 2.75) is 25.6 Å². The highest BCUT2D eigenvalue weighted by Gasteiger charge is 2.52. The molecule has 0 aromatic heterocycles. The first-order valence-corrected chi connectivity index (χ1v) is 4.61. The minimum atomic E-state index is -4.62. The van der Waals surface area contributed by atoms with Crippen molar-refractivity contribution >= 4 is 5.69 Å². The van der Waals surface area contributed by atoms with Crippen molar-refractivity contribution < 1.29 is 13.2 Å². The van der Waals surface area contributed by atoms with E-state index in [1.807, 2.05) is 6.92 Å². The summed E-state index contributed by atoms with van der Waals surface area (Å²) >= 11 is 0. The molecule has 0 radical (unpaired) electrons. The molecule has 0 saturated heterocycles. The fraction of sp³-hybridized carbons (Fsp3) is 0.364. The van der Waals surface area contributed by atoms with Crippen LogP contribution in [0.15, 0.2) is 24.3 Å². The molecule has 86 valence electrons. The molecule has 1 atom stereocenters. The molecule has 0 amide bonds. The average molecular weight is 228 g/mol. The Morgan fingerprint density at radius 1 is 1.19 bits per heavy atom. The molecule has 1 unspecified atom stereocenters.